The van der Waals surface area contributed by atoms with Gasteiger partial charge >= 0.3 is 5.97 Å². The molecule has 102 valence electrons. The second kappa shape index (κ2) is 5.64. The molecule has 1 fully saturated rings. The molecule has 1 N–H and O–H groups in total. The number of hydrogen-bond acceptors (Lipinski definition) is 5. The number of amides is 1. The average molecular weight is 265 g/mol. The van der Waals surface area contributed by atoms with E-state index in [2.05, 4.69) is 14.7 Å². The maximum Gasteiger partial charge on any atom is 0.308 e. The van der Waals surface area contributed by atoms with Crippen LogP contribution in [0.15, 0.2) is 17.2 Å². The highest BCUT2D eigenvalue weighted by molar-refractivity contribution is 5.92. The Bertz CT molecular complexity index is 512. The number of nitrogens with zero attached hydrogens (tertiary/aromatic N) is 2. The number of likely N-dealkylation sites (tertiary alicyclic amines) is 1. The maximum atomic E-state index is 12.1. The van der Waals surface area contributed by atoms with E-state index in [0.717, 1.165) is 6.20 Å². The molecule has 0 unspecified atom stereocenters. The molecule has 0 spiro atoms. The van der Waals surface area contributed by atoms with Gasteiger partial charge in [0.2, 0.25) is 0 Å². The molecular weight excluding hydrogens is 250 g/mol. The monoisotopic (exact) mass is 265 g/mol. The molecule has 1 aliphatic heterocycles. The van der Waals surface area contributed by atoms with Crippen LogP contribution in [-0.4, -0.2) is 46.9 Å². The minimum atomic E-state index is -0.346. The fraction of sp³-hybridized carbons (Fsp3) is 0.500. The van der Waals surface area contributed by atoms with Gasteiger partial charge in [0.15, 0.2) is 0 Å². The van der Waals surface area contributed by atoms with Crippen molar-refractivity contribution in [3.8, 4) is 0 Å². The van der Waals surface area contributed by atoms with Crippen LogP contribution < -0.4 is 5.56 Å². The van der Waals surface area contributed by atoms with Crippen molar-refractivity contribution < 1.29 is 14.3 Å². The SMILES string of the molecule is COC(=O)C1CCN(C(=O)c2c[nH]c(=O)cn2)CC1. The summed E-state index contributed by atoms with van der Waals surface area (Å²) in [6.07, 6.45) is 3.55. The molecule has 1 saturated heterocycles. The zero-order valence-electron chi connectivity index (χ0n) is 10.6. The van der Waals surface area contributed by atoms with E-state index in [1.54, 1.807) is 4.90 Å². The van der Waals surface area contributed by atoms with Crippen LogP contribution in [0.2, 0.25) is 0 Å². The predicted molar refractivity (Wildman–Crippen MR) is 65.5 cm³/mol. The number of carbonyl (C=O) groups is 2. The standard InChI is InChI=1S/C12H15N3O4/c1-19-12(18)8-2-4-15(5-3-8)11(17)9-6-14-10(16)7-13-9/h6-8H,2-5H2,1H3,(H,14,16). The highest BCUT2D eigenvalue weighted by Gasteiger charge is 2.28. The first-order valence-corrected chi connectivity index (χ1v) is 6.03. The van der Waals surface area contributed by atoms with Crippen molar-refractivity contribution in [2.75, 3.05) is 20.2 Å². The van der Waals surface area contributed by atoms with Crippen LogP contribution in [0.4, 0.5) is 0 Å². The summed E-state index contributed by atoms with van der Waals surface area (Å²) < 4.78 is 4.69. The maximum absolute atomic E-state index is 12.1. The van der Waals surface area contributed by atoms with Gasteiger partial charge < -0.3 is 14.6 Å². The van der Waals surface area contributed by atoms with Crippen LogP contribution in [0.1, 0.15) is 23.3 Å². The van der Waals surface area contributed by atoms with E-state index in [0.29, 0.717) is 25.9 Å². The average Bonchev–Trinajstić information content (AvgIpc) is 2.46. The lowest BCUT2D eigenvalue weighted by atomic mass is 9.97. The van der Waals surface area contributed by atoms with E-state index >= 15 is 0 Å². The normalized spacial score (nSPS) is 16.2. The van der Waals surface area contributed by atoms with E-state index in [1.807, 2.05) is 0 Å². The molecule has 1 aromatic rings. The Hall–Kier alpha value is -2.18. The molecule has 0 aliphatic carbocycles. The third-order valence-electron chi connectivity index (χ3n) is 3.21. The Kier molecular flexibility index (Phi) is 3.94. The number of piperidine rings is 1. The summed E-state index contributed by atoms with van der Waals surface area (Å²) in [6.45, 7) is 0.971. The van der Waals surface area contributed by atoms with Crippen molar-refractivity contribution in [3.05, 3.63) is 28.4 Å². The summed E-state index contributed by atoms with van der Waals surface area (Å²) in [5.41, 5.74) is -0.142. The molecule has 2 rings (SSSR count). The number of nitrogens with one attached hydrogen (secondary N) is 1. The molecule has 1 amide bonds. The first-order valence-electron chi connectivity index (χ1n) is 6.03. The fourth-order valence-corrected chi connectivity index (χ4v) is 2.11. The van der Waals surface area contributed by atoms with Crippen molar-refractivity contribution in [3.63, 3.8) is 0 Å². The zero-order chi connectivity index (χ0) is 13.8. The van der Waals surface area contributed by atoms with Crippen LogP contribution in [-0.2, 0) is 9.53 Å². The Balaban J connectivity index is 1.98. The molecule has 7 heteroatoms. The van der Waals surface area contributed by atoms with Gasteiger partial charge in [-0.2, -0.15) is 0 Å². The van der Waals surface area contributed by atoms with Gasteiger partial charge in [-0.1, -0.05) is 0 Å². The van der Waals surface area contributed by atoms with Gasteiger partial charge in [0.1, 0.15) is 5.69 Å². The summed E-state index contributed by atoms with van der Waals surface area (Å²) in [6, 6.07) is 0. The topological polar surface area (TPSA) is 92.4 Å². The minimum Gasteiger partial charge on any atom is -0.469 e. The van der Waals surface area contributed by atoms with Gasteiger partial charge in [-0.25, -0.2) is 4.98 Å². The molecular formula is C12H15N3O4. The summed E-state index contributed by atoms with van der Waals surface area (Å²) in [5.74, 6) is -0.605. The van der Waals surface area contributed by atoms with Crippen molar-refractivity contribution >= 4 is 11.9 Å². The van der Waals surface area contributed by atoms with Crippen LogP contribution >= 0.6 is 0 Å². The highest BCUT2D eigenvalue weighted by Crippen LogP contribution is 2.19. The van der Waals surface area contributed by atoms with Gasteiger partial charge in [-0.3, -0.25) is 14.4 Å². The molecule has 1 aliphatic rings. The fourth-order valence-electron chi connectivity index (χ4n) is 2.11. The molecule has 2 heterocycles. The number of hydrogen-bond donors (Lipinski definition) is 1. The molecule has 1 aromatic heterocycles. The second-order valence-corrected chi connectivity index (χ2v) is 4.39. The van der Waals surface area contributed by atoms with Gasteiger partial charge in [0, 0.05) is 19.3 Å². The highest BCUT2D eigenvalue weighted by atomic mass is 16.5. The Morgan fingerprint density at radius 2 is 2.11 bits per heavy atom. The third-order valence-corrected chi connectivity index (χ3v) is 3.21. The molecule has 0 aromatic carbocycles. The van der Waals surface area contributed by atoms with E-state index in [9.17, 15) is 14.4 Å². The van der Waals surface area contributed by atoms with E-state index in [4.69, 9.17) is 0 Å². The quantitative estimate of drug-likeness (QED) is 0.747. The number of aromatic amines is 1. The molecule has 7 nitrogen and oxygen atoms in total. The Labute approximate surface area is 109 Å². The summed E-state index contributed by atoms with van der Waals surface area (Å²) in [5, 5.41) is 0. The van der Waals surface area contributed by atoms with Gasteiger partial charge in [0.25, 0.3) is 11.5 Å². The molecule has 19 heavy (non-hydrogen) atoms. The van der Waals surface area contributed by atoms with E-state index in [1.165, 1.54) is 13.3 Å². The molecule has 0 radical (unpaired) electrons. The smallest absolute Gasteiger partial charge is 0.308 e. The number of methoxy groups -OCH3 is 1. The van der Waals surface area contributed by atoms with Crippen LogP contribution in [0.25, 0.3) is 0 Å². The van der Waals surface area contributed by atoms with Gasteiger partial charge in [0.05, 0.1) is 19.2 Å². The van der Waals surface area contributed by atoms with Crippen molar-refractivity contribution in [1.82, 2.24) is 14.9 Å². The predicted octanol–water partition coefficient (Wildman–Crippen LogP) is -0.205. The Morgan fingerprint density at radius 3 is 2.63 bits per heavy atom. The van der Waals surface area contributed by atoms with E-state index in [-0.39, 0.29) is 29.0 Å². The van der Waals surface area contributed by atoms with Gasteiger partial charge in [-0.15, -0.1) is 0 Å². The molecule has 0 saturated carbocycles. The molecule has 0 atom stereocenters. The summed E-state index contributed by atoms with van der Waals surface area (Å²) >= 11 is 0. The first-order chi connectivity index (χ1) is 9.11. The van der Waals surface area contributed by atoms with Crippen LogP contribution in [0.3, 0.4) is 0 Å². The lowest BCUT2D eigenvalue weighted by Crippen LogP contribution is -2.41. The number of rotatable bonds is 2. The van der Waals surface area contributed by atoms with E-state index < -0.39 is 0 Å². The number of ether oxygens (including phenoxy) is 1. The number of esters is 1. The zero-order valence-corrected chi connectivity index (χ0v) is 10.6. The Morgan fingerprint density at radius 1 is 1.42 bits per heavy atom. The van der Waals surface area contributed by atoms with Crippen molar-refractivity contribution in [2.45, 2.75) is 12.8 Å². The molecule has 0 bridgehead atoms. The lowest BCUT2D eigenvalue weighted by Gasteiger charge is -2.30. The van der Waals surface area contributed by atoms with Crippen LogP contribution in [0.5, 0.6) is 0 Å². The van der Waals surface area contributed by atoms with Crippen LogP contribution in [0, 0.1) is 5.92 Å². The third kappa shape index (κ3) is 2.98. The first kappa shape index (κ1) is 13.3. The number of aromatic nitrogens is 2. The van der Waals surface area contributed by atoms with Gasteiger partial charge in [-0.05, 0) is 12.8 Å². The van der Waals surface area contributed by atoms with Crippen molar-refractivity contribution in [2.24, 2.45) is 5.92 Å². The number of H-pyrrole nitrogens is 1. The second-order valence-electron chi connectivity index (χ2n) is 4.39. The largest absolute Gasteiger partial charge is 0.469 e. The van der Waals surface area contributed by atoms with Crippen molar-refractivity contribution in [1.29, 1.82) is 0 Å². The summed E-state index contributed by atoms with van der Waals surface area (Å²) in [4.78, 5) is 42.2. The summed E-state index contributed by atoms with van der Waals surface area (Å²) in [7, 11) is 1.37. The minimum absolute atomic E-state index is 0.141. The number of carbonyl (C=O) groups excluding carboxylic acids is 2. The lowest BCUT2D eigenvalue weighted by molar-refractivity contribution is -0.146.